The molecule has 1 heterocycles. The molecule has 1 atom stereocenters. The third kappa shape index (κ3) is 3.98. The van der Waals surface area contributed by atoms with Gasteiger partial charge in [-0.1, -0.05) is 24.3 Å². The van der Waals surface area contributed by atoms with E-state index in [0.717, 1.165) is 35.3 Å². The van der Waals surface area contributed by atoms with Gasteiger partial charge in [0.05, 0.1) is 17.1 Å². The minimum Gasteiger partial charge on any atom is -0.346 e. The van der Waals surface area contributed by atoms with Crippen molar-refractivity contribution in [1.82, 2.24) is 15.3 Å². The zero-order valence-corrected chi connectivity index (χ0v) is 16.1. The van der Waals surface area contributed by atoms with Crippen LogP contribution in [0.25, 0.3) is 11.0 Å². The first-order valence-electron chi connectivity index (χ1n) is 9.99. The number of aryl methyl sites for hydroxylation is 2. The summed E-state index contributed by atoms with van der Waals surface area (Å²) in [7, 11) is 0. The van der Waals surface area contributed by atoms with Gasteiger partial charge in [0.2, 0.25) is 5.91 Å². The monoisotopic (exact) mass is 375 g/mol. The van der Waals surface area contributed by atoms with Gasteiger partial charge in [-0.3, -0.25) is 9.59 Å². The minimum atomic E-state index is -0.237. The van der Waals surface area contributed by atoms with E-state index in [2.05, 4.69) is 21.4 Å². The lowest BCUT2D eigenvalue weighted by atomic mass is 9.89. The number of Topliss-reactive ketones (excluding diaryl/α,β-unsaturated/α-hetero) is 1. The molecule has 0 saturated carbocycles. The first-order chi connectivity index (χ1) is 13.6. The van der Waals surface area contributed by atoms with Crippen LogP contribution in [-0.2, 0) is 17.6 Å². The van der Waals surface area contributed by atoms with Gasteiger partial charge in [0.1, 0.15) is 5.82 Å². The number of carbonyl (C=O) groups is 2. The fourth-order valence-corrected chi connectivity index (χ4v) is 3.84. The highest BCUT2D eigenvalue weighted by molar-refractivity contribution is 5.98. The maximum atomic E-state index is 12.5. The molecule has 0 saturated heterocycles. The van der Waals surface area contributed by atoms with Crippen LogP contribution >= 0.6 is 0 Å². The SMILES string of the molecule is C[C@H](NC(=O)CCC(=O)c1ccc2c(c1)CCCC2)c1nc2ccccc2[nH]1. The highest BCUT2D eigenvalue weighted by atomic mass is 16.2. The van der Waals surface area contributed by atoms with Crippen LogP contribution in [0, 0.1) is 0 Å². The first kappa shape index (κ1) is 18.4. The topological polar surface area (TPSA) is 74.8 Å². The zero-order chi connectivity index (χ0) is 19.5. The van der Waals surface area contributed by atoms with Crippen molar-refractivity contribution in [2.24, 2.45) is 0 Å². The van der Waals surface area contributed by atoms with E-state index in [9.17, 15) is 9.59 Å². The van der Waals surface area contributed by atoms with E-state index < -0.39 is 0 Å². The average Bonchev–Trinajstić information content (AvgIpc) is 3.16. The number of imidazole rings is 1. The van der Waals surface area contributed by atoms with E-state index in [-0.39, 0.29) is 30.6 Å². The van der Waals surface area contributed by atoms with Gasteiger partial charge < -0.3 is 10.3 Å². The summed E-state index contributed by atoms with van der Waals surface area (Å²) in [5.74, 6) is 0.606. The second-order valence-electron chi connectivity index (χ2n) is 7.54. The number of amides is 1. The molecule has 0 fully saturated rings. The molecule has 4 rings (SSSR count). The number of hydrogen-bond donors (Lipinski definition) is 2. The Morgan fingerprint density at radius 3 is 2.68 bits per heavy atom. The molecule has 0 unspecified atom stereocenters. The van der Waals surface area contributed by atoms with Crippen LogP contribution in [0.1, 0.15) is 66.0 Å². The number of carbonyl (C=O) groups excluding carboxylic acids is 2. The molecule has 0 radical (unpaired) electrons. The van der Waals surface area contributed by atoms with Gasteiger partial charge >= 0.3 is 0 Å². The van der Waals surface area contributed by atoms with Gasteiger partial charge in [0, 0.05) is 18.4 Å². The number of hydrogen-bond acceptors (Lipinski definition) is 3. The number of fused-ring (bicyclic) bond motifs is 2. The molecule has 0 aliphatic heterocycles. The van der Waals surface area contributed by atoms with Crippen molar-refractivity contribution in [2.75, 3.05) is 0 Å². The van der Waals surface area contributed by atoms with Gasteiger partial charge in [-0.2, -0.15) is 0 Å². The maximum Gasteiger partial charge on any atom is 0.221 e. The predicted octanol–water partition coefficient (Wildman–Crippen LogP) is 4.28. The minimum absolute atomic E-state index is 0.0277. The molecule has 1 aliphatic rings. The summed E-state index contributed by atoms with van der Waals surface area (Å²) in [6, 6.07) is 13.5. The summed E-state index contributed by atoms with van der Waals surface area (Å²) in [6.07, 6.45) is 4.96. The number of ketones is 1. The van der Waals surface area contributed by atoms with E-state index in [1.807, 2.05) is 43.3 Å². The Morgan fingerprint density at radius 1 is 1.07 bits per heavy atom. The second-order valence-corrected chi connectivity index (χ2v) is 7.54. The molecule has 3 aromatic rings. The summed E-state index contributed by atoms with van der Waals surface area (Å²) >= 11 is 0. The smallest absolute Gasteiger partial charge is 0.221 e. The second kappa shape index (κ2) is 7.97. The van der Waals surface area contributed by atoms with Crippen LogP contribution in [0.3, 0.4) is 0 Å². The number of nitrogens with zero attached hydrogens (tertiary/aromatic N) is 1. The van der Waals surface area contributed by atoms with Crippen LogP contribution in [0.15, 0.2) is 42.5 Å². The lowest BCUT2D eigenvalue weighted by molar-refractivity contribution is -0.121. The van der Waals surface area contributed by atoms with Crippen molar-refractivity contribution < 1.29 is 9.59 Å². The molecule has 1 aromatic heterocycles. The van der Waals surface area contributed by atoms with Crippen molar-refractivity contribution in [3.8, 4) is 0 Å². The third-order valence-electron chi connectivity index (χ3n) is 5.44. The Morgan fingerprint density at radius 2 is 1.86 bits per heavy atom. The van der Waals surface area contributed by atoms with E-state index in [1.165, 1.54) is 24.0 Å². The largest absolute Gasteiger partial charge is 0.346 e. The number of nitrogens with one attached hydrogen (secondary N) is 2. The van der Waals surface area contributed by atoms with Crippen LogP contribution in [0.5, 0.6) is 0 Å². The highest BCUT2D eigenvalue weighted by Gasteiger charge is 2.16. The molecule has 0 spiro atoms. The van der Waals surface area contributed by atoms with Gasteiger partial charge in [0.15, 0.2) is 5.78 Å². The lowest BCUT2D eigenvalue weighted by Crippen LogP contribution is -2.27. The maximum absolute atomic E-state index is 12.5. The summed E-state index contributed by atoms with van der Waals surface area (Å²) in [5, 5.41) is 2.93. The van der Waals surface area contributed by atoms with Crippen molar-refractivity contribution in [1.29, 1.82) is 0 Å². The molecular weight excluding hydrogens is 350 g/mol. The van der Waals surface area contributed by atoms with Crippen LogP contribution in [0.4, 0.5) is 0 Å². The van der Waals surface area contributed by atoms with Gasteiger partial charge in [-0.15, -0.1) is 0 Å². The molecule has 0 bridgehead atoms. The molecular formula is C23H25N3O2. The molecule has 28 heavy (non-hydrogen) atoms. The molecule has 144 valence electrons. The Kier molecular flexibility index (Phi) is 5.24. The Balaban J connectivity index is 1.33. The number of aromatic amines is 1. The van der Waals surface area contributed by atoms with Crippen LogP contribution in [-0.4, -0.2) is 21.7 Å². The fourth-order valence-electron chi connectivity index (χ4n) is 3.84. The quantitative estimate of drug-likeness (QED) is 0.632. The van der Waals surface area contributed by atoms with Gasteiger partial charge in [-0.05, 0) is 61.9 Å². The molecule has 5 heteroatoms. The van der Waals surface area contributed by atoms with Crippen LogP contribution in [0.2, 0.25) is 0 Å². The fraction of sp³-hybridized carbons (Fsp3) is 0.348. The van der Waals surface area contributed by atoms with Crippen LogP contribution < -0.4 is 5.32 Å². The molecule has 1 aliphatic carbocycles. The standard InChI is InChI=1S/C23H25N3O2/c1-15(23-25-19-8-4-5-9-20(19)26-23)24-22(28)13-12-21(27)18-11-10-16-6-2-3-7-17(16)14-18/h4-5,8-11,14-15H,2-3,6-7,12-13H2,1H3,(H,24,28)(H,25,26)/t15-/m0/s1. The Bertz CT molecular complexity index is 989. The first-order valence-corrected chi connectivity index (χ1v) is 9.99. The summed E-state index contributed by atoms with van der Waals surface area (Å²) in [5.41, 5.74) is 5.20. The predicted molar refractivity (Wildman–Crippen MR) is 109 cm³/mol. The average molecular weight is 375 g/mol. The molecule has 5 nitrogen and oxygen atoms in total. The van der Waals surface area contributed by atoms with Crippen molar-refractivity contribution in [3.63, 3.8) is 0 Å². The van der Waals surface area contributed by atoms with Crippen molar-refractivity contribution in [2.45, 2.75) is 51.5 Å². The third-order valence-corrected chi connectivity index (χ3v) is 5.44. The highest BCUT2D eigenvalue weighted by Crippen LogP contribution is 2.23. The molecule has 2 N–H and O–H groups in total. The Hall–Kier alpha value is -2.95. The summed E-state index contributed by atoms with van der Waals surface area (Å²) in [4.78, 5) is 32.6. The summed E-state index contributed by atoms with van der Waals surface area (Å²) < 4.78 is 0. The Labute approximate surface area is 164 Å². The van der Waals surface area contributed by atoms with Gasteiger partial charge in [-0.25, -0.2) is 4.98 Å². The normalized spacial score (nSPS) is 14.5. The molecule has 2 aromatic carbocycles. The van der Waals surface area contributed by atoms with E-state index in [0.29, 0.717) is 0 Å². The van der Waals surface area contributed by atoms with Crippen molar-refractivity contribution in [3.05, 3.63) is 65.0 Å². The molecule has 1 amide bonds. The van der Waals surface area contributed by atoms with E-state index >= 15 is 0 Å². The number of rotatable bonds is 6. The number of para-hydroxylation sites is 2. The number of aromatic nitrogens is 2. The van der Waals surface area contributed by atoms with E-state index in [1.54, 1.807) is 0 Å². The number of benzene rings is 2. The van der Waals surface area contributed by atoms with Gasteiger partial charge in [0.25, 0.3) is 0 Å². The number of H-pyrrole nitrogens is 1. The summed E-state index contributed by atoms with van der Waals surface area (Å²) in [6.45, 7) is 1.89. The van der Waals surface area contributed by atoms with E-state index in [4.69, 9.17) is 0 Å². The zero-order valence-electron chi connectivity index (χ0n) is 16.1. The van der Waals surface area contributed by atoms with Crippen molar-refractivity contribution >= 4 is 22.7 Å². The lowest BCUT2D eigenvalue weighted by Gasteiger charge is -2.16.